The maximum atomic E-state index is 6.18. The maximum Gasteiger partial charge on any atom is 0.0450 e. The van der Waals surface area contributed by atoms with Crippen LogP contribution in [0.4, 0.5) is 0 Å². The summed E-state index contributed by atoms with van der Waals surface area (Å²) in [4.78, 5) is 0. The highest BCUT2D eigenvalue weighted by molar-refractivity contribution is 6.31. The first-order valence-electron chi connectivity index (χ1n) is 6.76. The van der Waals surface area contributed by atoms with E-state index in [4.69, 9.17) is 23.2 Å². The fourth-order valence-electron chi connectivity index (χ4n) is 2.76. The van der Waals surface area contributed by atoms with Crippen molar-refractivity contribution in [2.45, 2.75) is 38.6 Å². The Morgan fingerprint density at radius 1 is 1.11 bits per heavy atom. The van der Waals surface area contributed by atoms with Crippen LogP contribution < -0.4 is 5.32 Å². The van der Waals surface area contributed by atoms with Gasteiger partial charge in [0.15, 0.2) is 0 Å². The molecule has 0 aliphatic heterocycles. The largest absolute Gasteiger partial charge is 0.312 e. The molecule has 0 radical (unpaired) electrons. The minimum atomic E-state index is 0.307. The van der Waals surface area contributed by atoms with E-state index in [1.165, 1.54) is 37.7 Å². The van der Waals surface area contributed by atoms with Crippen LogP contribution in [0, 0.1) is 5.41 Å². The van der Waals surface area contributed by atoms with Crippen LogP contribution in [0.1, 0.15) is 37.7 Å². The molecule has 0 spiro atoms. The van der Waals surface area contributed by atoms with Crippen molar-refractivity contribution in [1.29, 1.82) is 0 Å². The van der Waals surface area contributed by atoms with Gasteiger partial charge in [0.1, 0.15) is 0 Å². The summed E-state index contributed by atoms with van der Waals surface area (Å²) in [7, 11) is 0. The van der Waals surface area contributed by atoms with Crippen molar-refractivity contribution in [3.63, 3.8) is 0 Å². The predicted octanol–water partition coefficient (Wildman–Crippen LogP) is 4.62. The standard InChI is InChI=1S/C15H21Cl2N/c16-11-15(8-4-1-5-9-15)12-18-10-13-6-2-3-7-14(13)17/h2-3,6-7,18H,1,4-5,8-12H2. The first-order valence-corrected chi connectivity index (χ1v) is 7.67. The number of halogens is 2. The molecule has 0 bridgehead atoms. The Labute approximate surface area is 120 Å². The van der Waals surface area contributed by atoms with Gasteiger partial charge in [-0.1, -0.05) is 49.1 Å². The van der Waals surface area contributed by atoms with Crippen molar-refractivity contribution in [3.05, 3.63) is 34.9 Å². The molecule has 2 rings (SSSR count). The summed E-state index contributed by atoms with van der Waals surface area (Å²) in [6.45, 7) is 1.83. The first kappa shape index (κ1) is 14.2. The summed E-state index contributed by atoms with van der Waals surface area (Å²) in [6, 6.07) is 8.01. The molecule has 18 heavy (non-hydrogen) atoms. The monoisotopic (exact) mass is 285 g/mol. The van der Waals surface area contributed by atoms with Gasteiger partial charge in [-0.2, -0.15) is 0 Å². The van der Waals surface area contributed by atoms with E-state index >= 15 is 0 Å². The van der Waals surface area contributed by atoms with Crippen molar-refractivity contribution in [2.24, 2.45) is 5.41 Å². The molecule has 1 aromatic carbocycles. The minimum absolute atomic E-state index is 0.307. The van der Waals surface area contributed by atoms with Crippen LogP contribution in [-0.4, -0.2) is 12.4 Å². The van der Waals surface area contributed by atoms with Crippen molar-refractivity contribution in [2.75, 3.05) is 12.4 Å². The van der Waals surface area contributed by atoms with Crippen LogP contribution in [0.3, 0.4) is 0 Å². The van der Waals surface area contributed by atoms with Crippen LogP contribution in [-0.2, 0) is 6.54 Å². The molecule has 1 aliphatic rings. The molecule has 0 saturated heterocycles. The van der Waals surface area contributed by atoms with Gasteiger partial charge in [0.25, 0.3) is 0 Å². The molecule has 0 unspecified atom stereocenters. The molecule has 0 amide bonds. The van der Waals surface area contributed by atoms with E-state index in [0.717, 1.165) is 24.0 Å². The van der Waals surface area contributed by atoms with Crippen LogP contribution in [0.2, 0.25) is 5.02 Å². The second-order valence-electron chi connectivity index (χ2n) is 5.39. The van der Waals surface area contributed by atoms with Gasteiger partial charge >= 0.3 is 0 Å². The Morgan fingerprint density at radius 3 is 2.50 bits per heavy atom. The average Bonchev–Trinajstić information content (AvgIpc) is 2.42. The van der Waals surface area contributed by atoms with E-state index in [2.05, 4.69) is 11.4 Å². The van der Waals surface area contributed by atoms with Gasteiger partial charge in [0.2, 0.25) is 0 Å². The van der Waals surface area contributed by atoms with Crippen LogP contribution >= 0.6 is 23.2 Å². The van der Waals surface area contributed by atoms with Crippen molar-refractivity contribution >= 4 is 23.2 Å². The molecule has 1 aliphatic carbocycles. The number of hydrogen-bond donors (Lipinski definition) is 1. The van der Waals surface area contributed by atoms with Crippen molar-refractivity contribution < 1.29 is 0 Å². The van der Waals surface area contributed by atoms with E-state index < -0.39 is 0 Å². The number of rotatable bonds is 5. The number of hydrogen-bond acceptors (Lipinski definition) is 1. The van der Waals surface area contributed by atoms with Crippen molar-refractivity contribution in [3.8, 4) is 0 Å². The molecule has 1 saturated carbocycles. The van der Waals surface area contributed by atoms with E-state index in [1.807, 2.05) is 18.2 Å². The lowest BCUT2D eigenvalue weighted by atomic mass is 9.75. The Morgan fingerprint density at radius 2 is 1.83 bits per heavy atom. The Hall–Kier alpha value is -0.240. The summed E-state index contributed by atoms with van der Waals surface area (Å²) in [6.07, 6.45) is 6.52. The summed E-state index contributed by atoms with van der Waals surface area (Å²) in [5.74, 6) is 0.766. The normalized spacial score (nSPS) is 18.8. The highest BCUT2D eigenvalue weighted by Crippen LogP contribution is 2.36. The Balaban J connectivity index is 1.85. The maximum absolute atomic E-state index is 6.18. The summed E-state index contributed by atoms with van der Waals surface area (Å²) in [5, 5.41) is 4.38. The third kappa shape index (κ3) is 3.63. The third-order valence-corrected chi connectivity index (χ3v) is 4.91. The van der Waals surface area contributed by atoms with E-state index in [1.54, 1.807) is 0 Å². The van der Waals surface area contributed by atoms with Crippen molar-refractivity contribution in [1.82, 2.24) is 5.32 Å². The molecular weight excluding hydrogens is 265 g/mol. The topological polar surface area (TPSA) is 12.0 Å². The highest BCUT2D eigenvalue weighted by atomic mass is 35.5. The third-order valence-electron chi connectivity index (χ3n) is 3.97. The molecule has 1 nitrogen and oxygen atoms in total. The smallest absolute Gasteiger partial charge is 0.0450 e. The minimum Gasteiger partial charge on any atom is -0.312 e. The molecular formula is C15H21Cl2N. The predicted molar refractivity (Wildman–Crippen MR) is 79.4 cm³/mol. The van der Waals surface area contributed by atoms with Crippen LogP contribution in [0.5, 0.6) is 0 Å². The molecule has 0 aromatic heterocycles. The van der Waals surface area contributed by atoms with E-state index in [-0.39, 0.29) is 0 Å². The van der Waals surface area contributed by atoms with Gasteiger partial charge < -0.3 is 5.32 Å². The number of alkyl halides is 1. The summed E-state index contributed by atoms with van der Waals surface area (Å²) in [5.41, 5.74) is 1.47. The first-order chi connectivity index (χ1) is 8.76. The lowest BCUT2D eigenvalue weighted by Gasteiger charge is -2.35. The fourth-order valence-corrected chi connectivity index (χ4v) is 3.33. The van der Waals surface area contributed by atoms with Crippen LogP contribution in [0.15, 0.2) is 24.3 Å². The molecule has 3 heteroatoms. The van der Waals surface area contributed by atoms with Crippen LogP contribution in [0.25, 0.3) is 0 Å². The zero-order valence-electron chi connectivity index (χ0n) is 10.7. The van der Waals surface area contributed by atoms with Gasteiger partial charge in [-0.15, -0.1) is 11.6 Å². The van der Waals surface area contributed by atoms with Gasteiger partial charge in [0, 0.05) is 24.0 Å². The molecule has 1 N–H and O–H groups in total. The lowest BCUT2D eigenvalue weighted by Crippen LogP contribution is -2.37. The second-order valence-corrected chi connectivity index (χ2v) is 6.06. The lowest BCUT2D eigenvalue weighted by molar-refractivity contribution is 0.212. The molecule has 0 atom stereocenters. The molecule has 0 heterocycles. The van der Waals surface area contributed by atoms with Gasteiger partial charge in [-0.25, -0.2) is 0 Å². The Kier molecular flexibility index (Phi) is 5.35. The van der Waals surface area contributed by atoms with Gasteiger partial charge in [-0.05, 0) is 29.9 Å². The zero-order chi connectivity index (χ0) is 12.8. The molecule has 1 fully saturated rings. The molecule has 100 valence electrons. The van der Waals surface area contributed by atoms with Gasteiger partial charge in [0.05, 0.1) is 0 Å². The quantitative estimate of drug-likeness (QED) is 0.779. The Bertz CT molecular complexity index is 373. The average molecular weight is 286 g/mol. The SMILES string of the molecule is ClCC1(CNCc2ccccc2Cl)CCCCC1. The fraction of sp³-hybridized carbons (Fsp3) is 0.600. The molecule has 1 aromatic rings. The van der Waals surface area contributed by atoms with E-state index in [9.17, 15) is 0 Å². The number of nitrogens with one attached hydrogen (secondary N) is 1. The summed E-state index contributed by atoms with van der Waals surface area (Å²) >= 11 is 12.3. The summed E-state index contributed by atoms with van der Waals surface area (Å²) < 4.78 is 0. The number of benzene rings is 1. The second kappa shape index (κ2) is 6.79. The highest BCUT2D eigenvalue weighted by Gasteiger charge is 2.30. The zero-order valence-corrected chi connectivity index (χ0v) is 12.2. The van der Waals surface area contributed by atoms with E-state index in [0.29, 0.717) is 5.41 Å². The van der Waals surface area contributed by atoms with Gasteiger partial charge in [-0.3, -0.25) is 0 Å².